The molecule has 11 heteroatoms. The van der Waals surface area contributed by atoms with Gasteiger partial charge in [0.1, 0.15) is 24.2 Å². The number of fused-ring (bicyclic) bond motifs is 1. The zero-order valence-corrected chi connectivity index (χ0v) is 18.8. The summed E-state index contributed by atoms with van der Waals surface area (Å²) in [7, 11) is -1.26. The van der Waals surface area contributed by atoms with Crippen molar-refractivity contribution in [2.75, 3.05) is 11.9 Å². The Morgan fingerprint density at radius 1 is 1.31 bits per heavy atom. The van der Waals surface area contributed by atoms with Gasteiger partial charge < -0.3 is 19.1 Å². The number of hydrogen-bond acceptors (Lipinski definition) is 5. The van der Waals surface area contributed by atoms with Crippen LogP contribution in [0, 0.1) is 23.0 Å². The van der Waals surface area contributed by atoms with E-state index in [1.54, 1.807) is 10.8 Å². The Morgan fingerprint density at radius 3 is 2.59 bits per heavy atom. The highest BCUT2D eigenvalue weighted by molar-refractivity contribution is 6.76. The lowest BCUT2D eigenvalue weighted by Crippen LogP contribution is -2.22. The molecule has 0 saturated heterocycles. The van der Waals surface area contributed by atoms with Gasteiger partial charge in [0, 0.05) is 39.2 Å². The second kappa shape index (κ2) is 9.33. The fourth-order valence-corrected chi connectivity index (χ4v) is 3.72. The van der Waals surface area contributed by atoms with Crippen molar-refractivity contribution in [2.45, 2.75) is 32.4 Å². The molecule has 0 unspecified atom stereocenters. The maximum absolute atomic E-state index is 14.4. The molecule has 2 N–H and O–H groups in total. The summed E-state index contributed by atoms with van der Waals surface area (Å²) in [5.74, 6) is -2.90. The van der Waals surface area contributed by atoms with E-state index in [4.69, 9.17) is 14.6 Å². The van der Waals surface area contributed by atoms with E-state index >= 15 is 0 Å². The summed E-state index contributed by atoms with van der Waals surface area (Å²) in [6.07, 6.45) is 1.49. The number of rotatable bonds is 8. The van der Waals surface area contributed by atoms with Crippen molar-refractivity contribution in [3.63, 3.8) is 0 Å². The Balaban J connectivity index is 1.91. The van der Waals surface area contributed by atoms with Gasteiger partial charge >= 0.3 is 6.09 Å². The first-order chi connectivity index (χ1) is 15.1. The maximum atomic E-state index is 14.4. The Bertz CT molecular complexity index is 1180. The van der Waals surface area contributed by atoms with E-state index in [2.05, 4.69) is 24.6 Å². The minimum atomic E-state index is -1.46. The Morgan fingerprint density at radius 2 is 2.00 bits per heavy atom. The van der Waals surface area contributed by atoms with E-state index in [1.807, 2.05) is 11.4 Å². The summed E-state index contributed by atoms with van der Waals surface area (Å²) >= 11 is 0. The van der Waals surface area contributed by atoms with Crippen LogP contribution in [0.15, 0.2) is 30.6 Å². The fraction of sp³-hybridized carbons (Fsp3) is 0.286. The summed E-state index contributed by atoms with van der Waals surface area (Å²) in [6.45, 7) is 7.45. The number of halogens is 2. The van der Waals surface area contributed by atoms with Gasteiger partial charge in [0.25, 0.3) is 0 Å². The Kier molecular flexibility index (Phi) is 6.76. The number of nitrogens with one attached hydrogen (secondary N) is 1. The number of aromatic nitrogens is 2. The molecule has 0 atom stereocenters. The molecule has 0 spiro atoms. The standard InChI is InChI=1S/C21H22F2N4O4Si/c1-32(2,3)7-6-30-12-27-11-13(10-24)18-17(4-5-25-20(18)27)31-19-15(22)8-14(9-16(19)23)26-21(28)29/h4-5,8-9,11,26H,6-7,12H2,1-3H3,(H,28,29). The molecular formula is C21H22F2N4O4Si. The van der Waals surface area contributed by atoms with Crippen LogP contribution in [-0.2, 0) is 11.5 Å². The minimum absolute atomic E-state index is 0.0316. The van der Waals surface area contributed by atoms with Crippen LogP contribution in [0.3, 0.4) is 0 Å². The van der Waals surface area contributed by atoms with Gasteiger partial charge in [-0.05, 0) is 12.1 Å². The number of nitrogens with zero attached hydrogens (tertiary/aromatic N) is 3. The van der Waals surface area contributed by atoms with E-state index < -0.39 is 31.6 Å². The lowest BCUT2D eigenvalue weighted by molar-refractivity contribution is 0.0898. The van der Waals surface area contributed by atoms with E-state index in [-0.39, 0.29) is 29.1 Å². The first kappa shape index (κ1) is 23.2. The van der Waals surface area contributed by atoms with Gasteiger partial charge in [0.2, 0.25) is 0 Å². The normalized spacial score (nSPS) is 11.4. The molecule has 0 fully saturated rings. The van der Waals surface area contributed by atoms with E-state index in [9.17, 15) is 18.8 Å². The van der Waals surface area contributed by atoms with Crippen LogP contribution in [-0.4, -0.2) is 35.4 Å². The predicted molar refractivity (Wildman–Crippen MR) is 117 cm³/mol. The molecule has 2 aromatic heterocycles. The van der Waals surface area contributed by atoms with Gasteiger partial charge in [-0.3, -0.25) is 5.32 Å². The largest absolute Gasteiger partial charge is 0.465 e. The second-order valence-corrected chi connectivity index (χ2v) is 13.9. The number of carbonyl (C=O) groups is 1. The molecular weight excluding hydrogens is 438 g/mol. The first-order valence-corrected chi connectivity index (χ1v) is 13.4. The molecule has 0 aliphatic rings. The molecule has 2 heterocycles. The van der Waals surface area contributed by atoms with Crippen LogP contribution in [0.5, 0.6) is 11.5 Å². The monoisotopic (exact) mass is 460 g/mol. The van der Waals surface area contributed by atoms with Crippen LogP contribution in [0.1, 0.15) is 5.56 Å². The van der Waals surface area contributed by atoms with Gasteiger partial charge in [-0.15, -0.1) is 0 Å². The quantitative estimate of drug-likeness (QED) is 0.345. The molecule has 0 aliphatic heterocycles. The maximum Gasteiger partial charge on any atom is 0.409 e. The van der Waals surface area contributed by atoms with Crippen molar-refractivity contribution in [1.29, 1.82) is 5.26 Å². The third kappa shape index (κ3) is 5.40. The van der Waals surface area contributed by atoms with E-state index in [1.165, 1.54) is 12.3 Å². The molecule has 3 rings (SSSR count). The number of carboxylic acid groups (broad SMARTS) is 1. The van der Waals surface area contributed by atoms with Crippen LogP contribution < -0.4 is 10.1 Å². The van der Waals surface area contributed by atoms with Gasteiger partial charge in [0.15, 0.2) is 17.4 Å². The number of hydrogen-bond donors (Lipinski definition) is 2. The minimum Gasteiger partial charge on any atom is -0.465 e. The Hall–Kier alpha value is -3.49. The van der Waals surface area contributed by atoms with Crippen LogP contribution in [0.2, 0.25) is 25.7 Å². The van der Waals surface area contributed by atoms with Crippen molar-refractivity contribution >= 4 is 30.9 Å². The van der Waals surface area contributed by atoms with E-state index in [0.29, 0.717) is 12.3 Å². The first-order valence-electron chi connectivity index (χ1n) is 9.71. The zero-order chi connectivity index (χ0) is 23.5. The van der Waals surface area contributed by atoms with Crippen molar-refractivity contribution in [3.8, 4) is 17.6 Å². The molecule has 1 aromatic carbocycles. The van der Waals surface area contributed by atoms with Gasteiger partial charge in [0.05, 0.1) is 16.6 Å². The average Bonchev–Trinajstić information content (AvgIpc) is 3.05. The second-order valence-electron chi connectivity index (χ2n) is 8.28. The SMILES string of the molecule is C[Si](C)(C)CCOCn1cc(C#N)c2c(Oc3c(F)cc(NC(=O)O)cc3F)ccnc21. The van der Waals surface area contributed by atoms with E-state index in [0.717, 1.165) is 18.2 Å². The summed E-state index contributed by atoms with van der Waals surface area (Å²) in [4.78, 5) is 15.0. The zero-order valence-electron chi connectivity index (χ0n) is 17.8. The molecule has 0 bridgehead atoms. The summed E-state index contributed by atoms with van der Waals surface area (Å²) < 4.78 is 41.7. The third-order valence-corrected chi connectivity index (χ3v) is 6.23. The number of anilines is 1. The van der Waals surface area contributed by atoms with Gasteiger partial charge in [-0.1, -0.05) is 19.6 Å². The molecule has 1 amide bonds. The number of pyridine rings is 1. The predicted octanol–water partition coefficient (Wildman–Crippen LogP) is 5.38. The van der Waals surface area contributed by atoms with Gasteiger partial charge in [-0.25, -0.2) is 18.6 Å². The lowest BCUT2D eigenvalue weighted by atomic mass is 10.2. The molecule has 32 heavy (non-hydrogen) atoms. The van der Waals surface area contributed by atoms with Crippen molar-refractivity contribution < 1.29 is 28.2 Å². The van der Waals surface area contributed by atoms with Crippen molar-refractivity contribution in [2.24, 2.45) is 0 Å². The molecule has 0 saturated carbocycles. The molecule has 8 nitrogen and oxygen atoms in total. The highest BCUT2D eigenvalue weighted by atomic mass is 28.3. The number of nitriles is 1. The lowest BCUT2D eigenvalue weighted by Gasteiger charge is -2.15. The van der Waals surface area contributed by atoms with Crippen LogP contribution in [0.4, 0.5) is 19.3 Å². The topological polar surface area (TPSA) is 109 Å². The number of ether oxygens (including phenoxy) is 2. The summed E-state index contributed by atoms with van der Waals surface area (Å²) in [6, 6.07) is 6.00. The van der Waals surface area contributed by atoms with Crippen molar-refractivity contribution in [1.82, 2.24) is 9.55 Å². The van der Waals surface area contributed by atoms with Gasteiger partial charge in [-0.2, -0.15) is 5.26 Å². The molecule has 168 valence electrons. The highest BCUT2D eigenvalue weighted by Gasteiger charge is 2.20. The van der Waals surface area contributed by atoms with Crippen LogP contribution in [0.25, 0.3) is 11.0 Å². The molecule has 3 aromatic rings. The summed E-state index contributed by atoms with van der Waals surface area (Å²) in [5, 5.41) is 20.4. The third-order valence-electron chi connectivity index (χ3n) is 4.53. The van der Waals surface area contributed by atoms with Crippen LogP contribution >= 0.6 is 0 Å². The molecule has 0 aliphatic carbocycles. The number of benzene rings is 1. The average molecular weight is 461 g/mol. The highest BCUT2D eigenvalue weighted by Crippen LogP contribution is 2.35. The molecule has 0 radical (unpaired) electrons. The summed E-state index contributed by atoms with van der Waals surface area (Å²) in [5.41, 5.74) is 0.304. The Labute approximate surface area is 184 Å². The van der Waals surface area contributed by atoms with Crippen molar-refractivity contribution in [3.05, 3.63) is 47.8 Å². The fourth-order valence-electron chi connectivity index (χ4n) is 2.96. The smallest absolute Gasteiger partial charge is 0.409 e. The number of amides is 1.